The molecule has 0 aromatic carbocycles. The van der Waals surface area contributed by atoms with Gasteiger partial charge in [0.25, 0.3) is 5.91 Å². The molecule has 7 heteroatoms. The van der Waals surface area contributed by atoms with Crippen LogP contribution in [0.1, 0.15) is 56.6 Å². The van der Waals surface area contributed by atoms with Gasteiger partial charge in [-0.3, -0.25) is 9.48 Å². The first-order valence-corrected chi connectivity index (χ1v) is 8.51. The highest BCUT2D eigenvalue weighted by Crippen LogP contribution is 2.19. The van der Waals surface area contributed by atoms with E-state index in [1.807, 2.05) is 11.6 Å². The number of likely N-dealkylation sites (tertiary alicyclic amines) is 1. The van der Waals surface area contributed by atoms with E-state index in [0.29, 0.717) is 25.3 Å². The maximum absolute atomic E-state index is 12.5. The van der Waals surface area contributed by atoms with Crippen LogP contribution < -0.4 is 5.32 Å². The molecule has 0 atom stereocenters. The molecule has 0 saturated carbocycles. The molecule has 1 aromatic rings. The molecule has 0 aliphatic carbocycles. The van der Waals surface area contributed by atoms with Crippen molar-refractivity contribution in [2.75, 3.05) is 19.7 Å². The highest BCUT2D eigenvalue weighted by molar-refractivity contribution is 5.95. The summed E-state index contributed by atoms with van der Waals surface area (Å²) in [6.07, 6.45) is 2.82. The zero-order valence-electron chi connectivity index (χ0n) is 15.3. The molecule has 2 heterocycles. The third kappa shape index (κ3) is 4.07. The van der Waals surface area contributed by atoms with Crippen molar-refractivity contribution in [3.8, 4) is 0 Å². The molecule has 0 unspecified atom stereocenters. The largest absolute Gasteiger partial charge is 0.450 e. The average Bonchev–Trinajstić information content (AvgIpc) is 2.90. The lowest BCUT2D eigenvalue weighted by Crippen LogP contribution is -2.46. The van der Waals surface area contributed by atoms with Crippen LogP contribution in [0.4, 0.5) is 4.79 Å². The molecular formula is C17H28N4O3. The second-order valence-corrected chi connectivity index (χ2v) is 7.16. The van der Waals surface area contributed by atoms with Gasteiger partial charge in [0, 0.05) is 24.8 Å². The number of aromatic nitrogens is 2. The zero-order chi connectivity index (χ0) is 17.9. The summed E-state index contributed by atoms with van der Waals surface area (Å²) in [5.41, 5.74) is 1.31. The van der Waals surface area contributed by atoms with Crippen molar-refractivity contribution in [3.05, 3.63) is 17.5 Å². The minimum atomic E-state index is -0.274. The molecule has 134 valence electrons. The average molecular weight is 336 g/mol. The van der Waals surface area contributed by atoms with Gasteiger partial charge < -0.3 is 15.0 Å². The summed E-state index contributed by atoms with van der Waals surface area (Å²) in [5.74, 6) is -0.0995. The molecule has 2 rings (SSSR count). The van der Waals surface area contributed by atoms with Crippen LogP contribution in [0, 0.1) is 6.92 Å². The van der Waals surface area contributed by atoms with Crippen LogP contribution in [0.15, 0.2) is 6.20 Å². The summed E-state index contributed by atoms with van der Waals surface area (Å²) in [4.78, 5) is 25.9. The molecule has 1 N–H and O–H groups in total. The van der Waals surface area contributed by atoms with Crippen molar-refractivity contribution in [1.82, 2.24) is 20.0 Å². The summed E-state index contributed by atoms with van der Waals surface area (Å²) in [6.45, 7) is 11.5. The summed E-state index contributed by atoms with van der Waals surface area (Å²) in [6, 6.07) is 0.0700. The van der Waals surface area contributed by atoms with Crippen molar-refractivity contribution >= 4 is 12.0 Å². The van der Waals surface area contributed by atoms with E-state index in [2.05, 4.69) is 31.2 Å². The molecule has 1 aromatic heterocycles. The number of rotatable bonds is 3. The molecular weight excluding hydrogens is 308 g/mol. The topological polar surface area (TPSA) is 76.5 Å². The Kier molecular flexibility index (Phi) is 5.51. The van der Waals surface area contributed by atoms with Crippen LogP contribution in [-0.2, 0) is 10.3 Å². The summed E-state index contributed by atoms with van der Waals surface area (Å²) in [7, 11) is 0. The predicted molar refractivity (Wildman–Crippen MR) is 91.0 cm³/mol. The quantitative estimate of drug-likeness (QED) is 0.919. The lowest BCUT2D eigenvalue weighted by atomic mass is 10.0. The van der Waals surface area contributed by atoms with Crippen LogP contribution in [0.3, 0.4) is 0 Å². The first kappa shape index (κ1) is 18.3. The van der Waals surface area contributed by atoms with Crippen LogP contribution in [0.5, 0.6) is 0 Å². The Labute approximate surface area is 143 Å². The van der Waals surface area contributed by atoms with Gasteiger partial charge in [0.1, 0.15) is 0 Å². The van der Waals surface area contributed by atoms with Crippen molar-refractivity contribution in [2.24, 2.45) is 0 Å². The van der Waals surface area contributed by atoms with Crippen molar-refractivity contribution in [1.29, 1.82) is 0 Å². The van der Waals surface area contributed by atoms with Crippen molar-refractivity contribution in [2.45, 2.75) is 59.0 Å². The Morgan fingerprint density at radius 2 is 1.96 bits per heavy atom. The van der Waals surface area contributed by atoms with Gasteiger partial charge in [0.2, 0.25) is 0 Å². The highest BCUT2D eigenvalue weighted by Gasteiger charge is 2.27. The fourth-order valence-corrected chi connectivity index (χ4v) is 2.99. The van der Waals surface area contributed by atoms with Gasteiger partial charge >= 0.3 is 6.09 Å². The van der Waals surface area contributed by atoms with E-state index >= 15 is 0 Å². The molecule has 0 radical (unpaired) electrons. The van der Waals surface area contributed by atoms with Crippen LogP contribution in [-0.4, -0.2) is 52.4 Å². The van der Waals surface area contributed by atoms with E-state index in [-0.39, 0.29) is 23.6 Å². The molecule has 7 nitrogen and oxygen atoms in total. The van der Waals surface area contributed by atoms with Crippen molar-refractivity contribution in [3.63, 3.8) is 0 Å². The molecule has 0 spiro atoms. The fraction of sp³-hybridized carbons (Fsp3) is 0.706. The second-order valence-electron chi connectivity index (χ2n) is 7.16. The standard InChI is InChI=1S/C17H28N4O3/c1-6-24-16(23)20-9-7-13(8-10-20)19-15(22)14-11-18-21(12(14)2)17(3,4)5/h11,13H,6-10H2,1-5H3,(H,19,22). The van der Waals surface area contributed by atoms with E-state index in [1.54, 1.807) is 18.0 Å². The number of piperidine rings is 1. The highest BCUT2D eigenvalue weighted by atomic mass is 16.6. The van der Waals surface area contributed by atoms with E-state index in [4.69, 9.17) is 4.74 Å². The number of hydrogen-bond donors (Lipinski definition) is 1. The second kappa shape index (κ2) is 7.23. The predicted octanol–water partition coefficient (Wildman–Crippen LogP) is 2.30. The minimum Gasteiger partial charge on any atom is -0.450 e. The van der Waals surface area contributed by atoms with Crippen molar-refractivity contribution < 1.29 is 14.3 Å². The molecule has 1 aliphatic heterocycles. The summed E-state index contributed by atoms with van der Waals surface area (Å²) >= 11 is 0. The lowest BCUT2D eigenvalue weighted by molar-refractivity contribution is 0.0859. The normalized spacial score (nSPS) is 16.1. The Morgan fingerprint density at radius 1 is 1.33 bits per heavy atom. The third-order valence-corrected chi connectivity index (χ3v) is 4.25. The zero-order valence-corrected chi connectivity index (χ0v) is 15.3. The molecule has 1 fully saturated rings. The van der Waals surface area contributed by atoms with Crippen LogP contribution in [0.2, 0.25) is 0 Å². The maximum atomic E-state index is 12.5. The SMILES string of the molecule is CCOC(=O)N1CCC(NC(=O)c2cnn(C(C)(C)C)c2C)CC1. The van der Waals surface area contributed by atoms with Gasteiger partial charge in [0.05, 0.1) is 23.9 Å². The first-order chi connectivity index (χ1) is 11.2. The van der Waals surface area contributed by atoms with Gasteiger partial charge in [0.15, 0.2) is 0 Å². The Bertz CT molecular complexity index is 595. The monoisotopic (exact) mass is 336 g/mol. The minimum absolute atomic E-state index is 0.0700. The van der Waals surface area contributed by atoms with Crippen LogP contribution >= 0.6 is 0 Å². The Morgan fingerprint density at radius 3 is 2.46 bits per heavy atom. The molecule has 1 saturated heterocycles. The number of nitrogens with one attached hydrogen (secondary N) is 1. The smallest absolute Gasteiger partial charge is 0.409 e. The lowest BCUT2D eigenvalue weighted by Gasteiger charge is -2.31. The van der Waals surface area contributed by atoms with Gasteiger partial charge in [-0.05, 0) is 47.5 Å². The van der Waals surface area contributed by atoms with Gasteiger partial charge in [-0.2, -0.15) is 5.10 Å². The number of hydrogen-bond acceptors (Lipinski definition) is 4. The summed E-state index contributed by atoms with van der Waals surface area (Å²) < 4.78 is 6.87. The van der Waals surface area contributed by atoms with Crippen LogP contribution in [0.25, 0.3) is 0 Å². The number of carbonyl (C=O) groups excluding carboxylic acids is 2. The Balaban J connectivity index is 1.93. The van der Waals surface area contributed by atoms with E-state index in [9.17, 15) is 9.59 Å². The number of carbonyl (C=O) groups is 2. The Hall–Kier alpha value is -2.05. The molecule has 0 bridgehead atoms. The van der Waals surface area contributed by atoms with Gasteiger partial charge in [-0.1, -0.05) is 0 Å². The molecule has 24 heavy (non-hydrogen) atoms. The van der Waals surface area contributed by atoms with Gasteiger partial charge in [-0.25, -0.2) is 4.79 Å². The molecule has 1 aliphatic rings. The first-order valence-electron chi connectivity index (χ1n) is 8.51. The summed E-state index contributed by atoms with van der Waals surface area (Å²) in [5, 5.41) is 7.40. The third-order valence-electron chi connectivity index (χ3n) is 4.25. The maximum Gasteiger partial charge on any atom is 0.409 e. The number of ether oxygens (including phenoxy) is 1. The number of nitrogens with zero attached hydrogens (tertiary/aromatic N) is 3. The fourth-order valence-electron chi connectivity index (χ4n) is 2.99. The van der Waals surface area contributed by atoms with E-state index in [1.165, 1.54) is 0 Å². The van der Waals surface area contributed by atoms with Gasteiger partial charge in [-0.15, -0.1) is 0 Å². The number of amides is 2. The molecule has 2 amide bonds. The van der Waals surface area contributed by atoms with E-state index < -0.39 is 0 Å². The van der Waals surface area contributed by atoms with E-state index in [0.717, 1.165) is 18.5 Å².